The highest BCUT2D eigenvalue weighted by Crippen LogP contribution is 2.12. The molecule has 2 N–H and O–H groups in total. The molecular weight excluding hydrogens is 138 g/mol. The number of aryl methyl sites for hydroxylation is 2. The fourth-order valence-corrected chi connectivity index (χ4v) is 1.04. The topological polar surface area (TPSA) is 51.8 Å². The second kappa shape index (κ2) is 3.32. The van der Waals surface area contributed by atoms with Gasteiger partial charge in [-0.3, -0.25) is 0 Å². The van der Waals surface area contributed by atoms with Crippen LogP contribution in [0.1, 0.15) is 25.2 Å². The predicted octanol–water partition coefficient (Wildman–Crippen LogP) is 1.18. The summed E-state index contributed by atoms with van der Waals surface area (Å²) in [6.45, 7) is 4.08. The van der Waals surface area contributed by atoms with E-state index in [2.05, 4.69) is 9.97 Å². The average molecular weight is 151 g/mol. The van der Waals surface area contributed by atoms with E-state index in [1.165, 1.54) is 0 Å². The Kier molecular flexibility index (Phi) is 2.41. The zero-order valence-electron chi connectivity index (χ0n) is 6.96. The maximum absolute atomic E-state index is 5.78. The molecule has 60 valence electrons. The van der Waals surface area contributed by atoms with E-state index < -0.39 is 0 Å². The van der Waals surface area contributed by atoms with Crippen LogP contribution in [-0.2, 0) is 12.8 Å². The van der Waals surface area contributed by atoms with Gasteiger partial charge >= 0.3 is 0 Å². The quantitative estimate of drug-likeness (QED) is 0.690. The van der Waals surface area contributed by atoms with Gasteiger partial charge in [0.1, 0.15) is 6.33 Å². The highest BCUT2D eigenvalue weighted by molar-refractivity contribution is 5.46. The number of aromatic nitrogens is 2. The van der Waals surface area contributed by atoms with E-state index in [0.29, 0.717) is 0 Å². The molecule has 0 radical (unpaired) electrons. The normalized spacial score (nSPS) is 10.0. The lowest BCUT2D eigenvalue weighted by Crippen LogP contribution is -2.03. The molecule has 3 heteroatoms. The summed E-state index contributed by atoms with van der Waals surface area (Å²) in [6.07, 6.45) is 3.33. The lowest BCUT2D eigenvalue weighted by Gasteiger charge is -2.04. The molecule has 0 unspecified atom stereocenters. The second-order valence-electron chi connectivity index (χ2n) is 2.39. The summed E-state index contributed by atoms with van der Waals surface area (Å²) in [7, 11) is 0. The molecule has 1 aromatic rings. The van der Waals surface area contributed by atoms with Crippen molar-refractivity contribution < 1.29 is 0 Å². The van der Waals surface area contributed by atoms with Crippen molar-refractivity contribution in [2.24, 2.45) is 0 Å². The summed E-state index contributed by atoms with van der Waals surface area (Å²) in [6, 6.07) is 0. The number of nitrogens with two attached hydrogens (primary N) is 1. The highest BCUT2D eigenvalue weighted by Gasteiger charge is 2.02. The first-order valence-electron chi connectivity index (χ1n) is 3.87. The molecule has 0 spiro atoms. The third-order valence-electron chi connectivity index (χ3n) is 1.72. The van der Waals surface area contributed by atoms with Crippen molar-refractivity contribution in [1.82, 2.24) is 9.97 Å². The zero-order chi connectivity index (χ0) is 8.27. The van der Waals surface area contributed by atoms with E-state index in [4.69, 9.17) is 5.73 Å². The fraction of sp³-hybridized carbons (Fsp3) is 0.500. The maximum Gasteiger partial charge on any atom is 0.116 e. The van der Waals surface area contributed by atoms with E-state index in [1.807, 2.05) is 13.8 Å². The van der Waals surface area contributed by atoms with Crippen LogP contribution in [0, 0.1) is 0 Å². The zero-order valence-corrected chi connectivity index (χ0v) is 6.96. The van der Waals surface area contributed by atoms with E-state index >= 15 is 0 Å². The number of anilines is 1. The first-order chi connectivity index (χ1) is 5.29. The van der Waals surface area contributed by atoms with Crippen molar-refractivity contribution in [3.8, 4) is 0 Å². The van der Waals surface area contributed by atoms with Gasteiger partial charge in [0.15, 0.2) is 0 Å². The Morgan fingerprint density at radius 3 is 2.00 bits per heavy atom. The average Bonchev–Trinajstić information content (AvgIpc) is 2.05. The minimum atomic E-state index is 0.762. The van der Waals surface area contributed by atoms with Crippen molar-refractivity contribution in [2.45, 2.75) is 26.7 Å². The molecule has 0 aliphatic rings. The standard InChI is InChI=1S/C8H13N3/c1-3-6-8(9)7(4-2)11-5-10-6/h5H,3-4,9H2,1-2H3. The first kappa shape index (κ1) is 7.98. The molecule has 0 aromatic carbocycles. The van der Waals surface area contributed by atoms with Gasteiger partial charge in [0.25, 0.3) is 0 Å². The van der Waals surface area contributed by atoms with Crippen LogP contribution in [-0.4, -0.2) is 9.97 Å². The van der Waals surface area contributed by atoms with Gasteiger partial charge in [-0.25, -0.2) is 9.97 Å². The molecule has 3 nitrogen and oxygen atoms in total. The van der Waals surface area contributed by atoms with Crippen molar-refractivity contribution in [2.75, 3.05) is 5.73 Å². The largest absolute Gasteiger partial charge is 0.396 e. The smallest absolute Gasteiger partial charge is 0.116 e. The van der Waals surface area contributed by atoms with Crippen molar-refractivity contribution >= 4 is 5.69 Å². The van der Waals surface area contributed by atoms with Gasteiger partial charge in [-0.2, -0.15) is 0 Å². The van der Waals surface area contributed by atoms with Gasteiger partial charge in [-0.1, -0.05) is 13.8 Å². The molecular formula is C8H13N3. The van der Waals surface area contributed by atoms with Crippen LogP contribution in [0.5, 0.6) is 0 Å². The molecule has 0 saturated heterocycles. The van der Waals surface area contributed by atoms with E-state index in [9.17, 15) is 0 Å². The minimum absolute atomic E-state index is 0.762. The van der Waals surface area contributed by atoms with E-state index in [1.54, 1.807) is 6.33 Å². The molecule has 0 fully saturated rings. The molecule has 0 aliphatic heterocycles. The monoisotopic (exact) mass is 151 g/mol. The molecule has 11 heavy (non-hydrogen) atoms. The Hall–Kier alpha value is -1.12. The number of hydrogen-bond acceptors (Lipinski definition) is 3. The van der Waals surface area contributed by atoms with Crippen LogP contribution < -0.4 is 5.73 Å². The van der Waals surface area contributed by atoms with Crippen LogP contribution in [0.3, 0.4) is 0 Å². The molecule has 0 saturated carbocycles. The summed E-state index contributed by atoms with van der Waals surface area (Å²) < 4.78 is 0. The Balaban J connectivity index is 3.10. The third-order valence-corrected chi connectivity index (χ3v) is 1.72. The van der Waals surface area contributed by atoms with Crippen molar-refractivity contribution in [3.63, 3.8) is 0 Å². The summed E-state index contributed by atoms with van der Waals surface area (Å²) in [4.78, 5) is 8.14. The molecule has 1 heterocycles. The van der Waals surface area contributed by atoms with Crippen LogP contribution in [0.2, 0.25) is 0 Å². The van der Waals surface area contributed by atoms with Crippen LogP contribution in [0.15, 0.2) is 6.33 Å². The Morgan fingerprint density at radius 2 is 1.64 bits per heavy atom. The summed E-state index contributed by atoms with van der Waals surface area (Å²) in [5.74, 6) is 0. The maximum atomic E-state index is 5.78. The highest BCUT2D eigenvalue weighted by atomic mass is 14.9. The Bertz CT molecular complexity index is 223. The fourth-order valence-electron chi connectivity index (χ4n) is 1.04. The number of nitrogens with zero attached hydrogens (tertiary/aromatic N) is 2. The van der Waals surface area contributed by atoms with Gasteiger partial charge < -0.3 is 5.73 Å². The summed E-state index contributed by atoms with van der Waals surface area (Å²) in [5, 5.41) is 0. The molecule has 1 aromatic heterocycles. The van der Waals surface area contributed by atoms with Crippen LogP contribution >= 0.6 is 0 Å². The lowest BCUT2D eigenvalue weighted by atomic mass is 10.2. The van der Waals surface area contributed by atoms with Gasteiger partial charge in [0.2, 0.25) is 0 Å². The van der Waals surface area contributed by atoms with Crippen LogP contribution in [0.4, 0.5) is 5.69 Å². The molecule has 0 bridgehead atoms. The van der Waals surface area contributed by atoms with Crippen molar-refractivity contribution in [1.29, 1.82) is 0 Å². The van der Waals surface area contributed by atoms with Crippen molar-refractivity contribution in [3.05, 3.63) is 17.7 Å². The summed E-state index contributed by atoms with van der Waals surface area (Å²) >= 11 is 0. The molecule has 0 aliphatic carbocycles. The predicted molar refractivity (Wildman–Crippen MR) is 45.2 cm³/mol. The summed E-state index contributed by atoms with van der Waals surface area (Å²) in [5.41, 5.74) is 8.45. The second-order valence-corrected chi connectivity index (χ2v) is 2.39. The Morgan fingerprint density at radius 1 is 1.18 bits per heavy atom. The van der Waals surface area contributed by atoms with E-state index in [0.717, 1.165) is 29.9 Å². The molecule has 0 amide bonds. The SMILES string of the molecule is CCc1ncnc(CC)c1N. The number of rotatable bonds is 2. The molecule has 0 atom stereocenters. The first-order valence-corrected chi connectivity index (χ1v) is 3.87. The number of nitrogen functional groups attached to an aromatic ring is 1. The van der Waals surface area contributed by atoms with Gasteiger partial charge in [0, 0.05) is 0 Å². The lowest BCUT2D eigenvalue weighted by molar-refractivity contribution is 0.944. The van der Waals surface area contributed by atoms with Gasteiger partial charge in [0.05, 0.1) is 17.1 Å². The van der Waals surface area contributed by atoms with Crippen LogP contribution in [0.25, 0.3) is 0 Å². The van der Waals surface area contributed by atoms with E-state index in [-0.39, 0.29) is 0 Å². The van der Waals surface area contributed by atoms with Gasteiger partial charge in [-0.05, 0) is 12.8 Å². The molecule has 1 rings (SSSR count). The number of hydrogen-bond donors (Lipinski definition) is 1. The van der Waals surface area contributed by atoms with Gasteiger partial charge in [-0.15, -0.1) is 0 Å². The minimum Gasteiger partial charge on any atom is -0.396 e. The third kappa shape index (κ3) is 1.48. The Labute approximate surface area is 66.7 Å².